The van der Waals surface area contributed by atoms with Crippen LogP contribution in [0.15, 0.2) is 30.7 Å². The van der Waals surface area contributed by atoms with Gasteiger partial charge in [-0.3, -0.25) is 4.98 Å². The number of rotatable bonds is 2. The lowest BCUT2D eigenvalue weighted by atomic mass is 10.2. The van der Waals surface area contributed by atoms with Crippen molar-refractivity contribution in [2.75, 3.05) is 20.1 Å². The van der Waals surface area contributed by atoms with E-state index in [1.807, 2.05) is 47.4 Å². The molecule has 0 aromatic carbocycles. The summed E-state index contributed by atoms with van der Waals surface area (Å²) in [6, 6.07) is 3.49. The van der Waals surface area contributed by atoms with Crippen molar-refractivity contribution in [3.8, 4) is 11.3 Å². The van der Waals surface area contributed by atoms with Crippen LogP contribution in [0.25, 0.3) is 22.4 Å². The lowest BCUT2D eigenvalue weighted by molar-refractivity contribution is 0.362. The molecule has 1 saturated heterocycles. The minimum Gasteiger partial charge on any atom is -0.306 e. The van der Waals surface area contributed by atoms with Crippen LogP contribution >= 0.6 is 0 Å². The van der Waals surface area contributed by atoms with Crippen LogP contribution in [-0.4, -0.2) is 49.0 Å². The molecule has 2 aliphatic rings. The van der Waals surface area contributed by atoms with Gasteiger partial charge in [0.25, 0.3) is 0 Å². The van der Waals surface area contributed by atoms with Gasteiger partial charge in [-0.2, -0.15) is 5.10 Å². The first-order valence-electron chi connectivity index (χ1n) is 9.68. The summed E-state index contributed by atoms with van der Waals surface area (Å²) in [6.45, 7) is 6.14. The molecule has 6 rings (SSSR count). The van der Waals surface area contributed by atoms with Gasteiger partial charge >= 0.3 is 0 Å². The van der Waals surface area contributed by atoms with Crippen LogP contribution in [0.5, 0.6) is 0 Å². The maximum Gasteiger partial charge on any atom is 0.173 e. The van der Waals surface area contributed by atoms with E-state index in [1.165, 1.54) is 6.07 Å². The Morgan fingerprint density at radius 2 is 1.82 bits per heavy atom. The summed E-state index contributed by atoms with van der Waals surface area (Å²) in [6.07, 6.45) is 5.81. The van der Waals surface area contributed by atoms with Crippen LogP contribution in [0.1, 0.15) is 23.0 Å². The molecule has 1 aliphatic carbocycles. The van der Waals surface area contributed by atoms with Crippen LogP contribution in [0.2, 0.25) is 0 Å². The molecule has 0 radical (unpaired) electrons. The van der Waals surface area contributed by atoms with Crippen LogP contribution in [0.4, 0.5) is 4.39 Å². The summed E-state index contributed by atoms with van der Waals surface area (Å²) in [5, 5.41) is 4.63. The highest BCUT2D eigenvalue weighted by Crippen LogP contribution is 2.57. The second-order valence-electron chi connectivity index (χ2n) is 8.38. The monoisotopic (exact) mass is 376 g/mol. The number of hydrogen-bond acceptors (Lipinski definition) is 4. The standard InChI is InChI=1S/C21H21FN6/c1-11-6-28-19(12(2)23-11)5-17(25-28)13-4-16(22)21-24-18(10-27(21)7-13)20-14-8-26(3)9-15(14)20/h4-7,10,14-15,20H,8-9H2,1-3H3/t14-,15+,20?. The fourth-order valence-electron chi connectivity index (χ4n) is 4.98. The van der Waals surface area contributed by atoms with Crippen molar-refractivity contribution in [2.24, 2.45) is 11.8 Å². The minimum atomic E-state index is -0.310. The third kappa shape index (κ3) is 2.26. The maximum absolute atomic E-state index is 14.8. The van der Waals surface area contributed by atoms with E-state index in [0.717, 1.165) is 46.9 Å². The van der Waals surface area contributed by atoms with E-state index in [0.29, 0.717) is 23.4 Å². The van der Waals surface area contributed by atoms with Crippen molar-refractivity contribution in [3.05, 3.63) is 53.6 Å². The van der Waals surface area contributed by atoms with E-state index in [-0.39, 0.29) is 5.82 Å². The van der Waals surface area contributed by atoms with Crippen LogP contribution in [-0.2, 0) is 0 Å². The van der Waals surface area contributed by atoms with Gasteiger partial charge in [0.15, 0.2) is 11.5 Å². The van der Waals surface area contributed by atoms with Crippen molar-refractivity contribution < 1.29 is 4.39 Å². The average Bonchev–Trinajstić information content (AvgIpc) is 3.05. The first-order chi connectivity index (χ1) is 13.5. The van der Waals surface area contributed by atoms with Crippen molar-refractivity contribution in [1.29, 1.82) is 0 Å². The Morgan fingerprint density at radius 3 is 2.61 bits per heavy atom. The second kappa shape index (κ2) is 5.38. The van der Waals surface area contributed by atoms with Crippen molar-refractivity contribution >= 4 is 11.2 Å². The van der Waals surface area contributed by atoms with Gasteiger partial charge in [0, 0.05) is 37.0 Å². The van der Waals surface area contributed by atoms with Crippen LogP contribution < -0.4 is 0 Å². The maximum atomic E-state index is 14.8. The summed E-state index contributed by atoms with van der Waals surface area (Å²) in [5.74, 6) is 1.52. The summed E-state index contributed by atoms with van der Waals surface area (Å²) in [7, 11) is 2.16. The lowest BCUT2D eigenvalue weighted by Gasteiger charge is -2.11. The molecule has 6 nitrogen and oxygen atoms in total. The number of aryl methyl sites for hydroxylation is 2. The third-order valence-corrected chi connectivity index (χ3v) is 6.30. The average molecular weight is 376 g/mol. The predicted molar refractivity (Wildman–Crippen MR) is 104 cm³/mol. The quantitative estimate of drug-likeness (QED) is 0.540. The summed E-state index contributed by atoms with van der Waals surface area (Å²) in [5.41, 5.74) is 5.64. The Labute approximate surface area is 161 Å². The molecule has 142 valence electrons. The van der Waals surface area contributed by atoms with Gasteiger partial charge in [0.05, 0.1) is 34.5 Å². The van der Waals surface area contributed by atoms with E-state index in [4.69, 9.17) is 0 Å². The topological polar surface area (TPSA) is 50.7 Å². The number of hydrogen-bond donors (Lipinski definition) is 0. The van der Waals surface area contributed by atoms with E-state index < -0.39 is 0 Å². The number of pyridine rings is 1. The number of aromatic nitrogens is 5. The molecule has 1 unspecified atom stereocenters. The molecule has 1 aliphatic heterocycles. The number of piperidine rings is 1. The summed E-state index contributed by atoms with van der Waals surface area (Å²) >= 11 is 0. The molecule has 0 bridgehead atoms. The smallest absolute Gasteiger partial charge is 0.173 e. The van der Waals surface area contributed by atoms with Gasteiger partial charge in [-0.05, 0) is 44.9 Å². The zero-order valence-electron chi connectivity index (χ0n) is 16.1. The number of imidazole rings is 1. The molecule has 4 aromatic rings. The highest BCUT2D eigenvalue weighted by molar-refractivity contribution is 5.68. The zero-order chi connectivity index (χ0) is 19.2. The van der Waals surface area contributed by atoms with Gasteiger partial charge < -0.3 is 9.30 Å². The largest absolute Gasteiger partial charge is 0.306 e. The number of halogens is 1. The number of fused-ring (bicyclic) bond motifs is 3. The fourth-order valence-corrected chi connectivity index (χ4v) is 4.98. The van der Waals surface area contributed by atoms with Gasteiger partial charge in [-0.15, -0.1) is 0 Å². The number of likely N-dealkylation sites (tertiary alicyclic amines) is 1. The molecular formula is C21H21FN6. The molecule has 4 aromatic heterocycles. The molecule has 1 saturated carbocycles. The zero-order valence-corrected chi connectivity index (χ0v) is 16.1. The first kappa shape index (κ1) is 16.2. The van der Waals surface area contributed by atoms with Crippen LogP contribution in [0, 0.1) is 31.5 Å². The molecule has 7 heteroatoms. The highest BCUT2D eigenvalue weighted by Gasteiger charge is 2.56. The molecule has 0 amide bonds. The van der Waals surface area contributed by atoms with Crippen molar-refractivity contribution in [3.63, 3.8) is 0 Å². The molecule has 28 heavy (non-hydrogen) atoms. The Morgan fingerprint density at radius 1 is 1.04 bits per heavy atom. The Hall–Kier alpha value is -2.80. The molecule has 3 atom stereocenters. The van der Waals surface area contributed by atoms with E-state index in [2.05, 4.69) is 27.0 Å². The normalized spacial score (nSPS) is 24.4. The summed E-state index contributed by atoms with van der Waals surface area (Å²) < 4.78 is 18.5. The van der Waals surface area contributed by atoms with Gasteiger partial charge in [0.2, 0.25) is 0 Å². The predicted octanol–water partition coefficient (Wildman–Crippen LogP) is 3.07. The SMILES string of the molecule is Cc1cn2nc(-c3cc(F)c4nc(C5[C@H]6CN(C)C[C@@H]56)cn4c3)cc2c(C)n1. The third-order valence-electron chi connectivity index (χ3n) is 6.30. The van der Waals surface area contributed by atoms with Gasteiger partial charge in [0.1, 0.15) is 0 Å². The van der Waals surface area contributed by atoms with Crippen molar-refractivity contribution in [1.82, 2.24) is 28.9 Å². The second-order valence-corrected chi connectivity index (χ2v) is 8.38. The summed E-state index contributed by atoms with van der Waals surface area (Å²) in [4.78, 5) is 11.5. The lowest BCUT2D eigenvalue weighted by Crippen LogP contribution is -2.18. The van der Waals surface area contributed by atoms with Crippen LogP contribution in [0.3, 0.4) is 0 Å². The number of nitrogens with zero attached hydrogens (tertiary/aromatic N) is 6. The molecule has 0 N–H and O–H groups in total. The first-order valence-corrected chi connectivity index (χ1v) is 9.68. The molecule has 2 fully saturated rings. The van der Waals surface area contributed by atoms with E-state index >= 15 is 0 Å². The van der Waals surface area contributed by atoms with Crippen molar-refractivity contribution in [2.45, 2.75) is 19.8 Å². The fraction of sp³-hybridized carbons (Fsp3) is 0.381. The van der Waals surface area contributed by atoms with Gasteiger partial charge in [-0.25, -0.2) is 13.9 Å². The highest BCUT2D eigenvalue weighted by atomic mass is 19.1. The molecule has 0 spiro atoms. The van der Waals surface area contributed by atoms with E-state index in [9.17, 15) is 4.39 Å². The van der Waals surface area contributed by atoms with Gasteiger partial charge in [-0.1, -0.05) is 0 Å². The Kier molecular flexibility index (Phi) is 3.11. The molecule has 5 heterocycles. The molecular weight excluding hydrogens is 355 g/mol. The minimum absolute atomic E-state index is 0.310. The Balaban J connectivity index is 1.42. The Bertz CT molecular complexity index is 1240. The van der Waals surface area contributed by atoms with E-state index in [1.54, 1.807) is 0 Å².